The molecule has 3 aliphatic heterocycles. The Balaban J connectivity index is 0.938. The molecule has 10 heteroatoms. The standard InChI is InChI=1S/C36H40F3N3O4/c37-36(38,39)31-12-8-26(9-13-31)14-19-40-22-17-35(18-23-40)25-42(34(45)46-35)24-27-6-10-30(11-7-27)33(44)41-20-15-29(16-21-41)32(43)28-4-2-1-3-5-28/h1-8,10-13,26,29H,9,14-25H2. The largest absolute Gasteiger partial charge is 0.441 e. The van der Waals surface area contributed by atoms with Gasteiger partial charge in [0.2, 0.25) is 0 Å². The van der Waals surface area contributed by atoms with Crippen molar-refractivity contribution in [3.8, 4) is 0 Å². The second-order valence-electron chi connectivity index (χ2n) is 13.0. The van der Waals surface area contributed by atoms with Gasteiger partial charge >= 0.3 is 12.3 Å². The maximum absolute atomic E-state index is 13.2. The highest BCUT2D eigenvalue weighted by Crippen LogP contribution is 2.35. The highest BCUT2D eigenvalue weighted by Gasteiger charge is 2.47. The van der Waals surface area contributed by atoms with Crippen molar-refractivity contribution >= 4 is 17.8 Å². The summed E-state index contributed by atoms with van der Waals surface area (Å²) in [6.07, 6.45) is 3.46. The molecule has 1 spiro atoms. The Morgan fingerprint density at radius 2 is 1.61 bits per heavy atom. The summed E-state index contributed by atoms with van der Waals surface area (Å²) in [6.45, 7) is 4.33. The SMILES string of the molecule is O=C(c1ccccc1)C1CCN(C(=O)c2ccc(CN3CC4(CCN(CCC5C=CC(C(F)(F)F)=CC5)CC4)OC3=O)cc2)CC1. The Labute approximate surface area is 267 Å². The number of likely N-dealkylation sites (tertiary alicyclic amines) is 2. The van der Waals surface area contributed by atoms with E-state index in [1.807, 2.05) is 47.4 Å². The molecule has 2 aromatic carbocycles. The Morgan fingerprint density at radius 1 is 0.913 bits per heavy atom. The molecule has 46 heavy (non-hydrogen) atoms. The Bertz CT molecular complexity index is 1470. The minimum absolute atomic E-state index is 0.0505. The molecule has 2 aromatic rings. The Morgan fingerprint density at radius 3 is 2.24 bits per heavy atom. The van der Waals surface area contributed by atoms with Gasteiger partial charge in [-0.3, -0.25) is 14.5 Å². The Hall–Kier alpha value is -3.92. The lowest BCUT2D eigenvalue weighted by Gasteiger charge is -2.37. The molecule has 3 saturated heterocycles. The van der Waals surface area contributed by atoms with Crippen LogP contribution in [-0.4, -0.2) is 83.5 Å². The van der Waals surface area contributed by atoms with E-state index in [1.54, 1.807) is 23.1 Å². The van der Waals surface area contributed by atoms with E-state index in [9.17, 15) is 27.6 Å². The number of alkyl halides is 3. The van der Waals surface area contributed by atoms with Crippen LogP contribution >= 0.6 is 0 Å². The van der Waals surface area contributed by atoms with Gasteiger partial charge < -0.3 is 14.5 Å². The first-order valence-electron chi connectivity index (χ1n) is 16.2. The van der Waals surface area contributed by atoms with E-state index in [0.717, 1.165) is 50.0 Å². The van der Waals surface area contributed by atoms with Crippen LogP contribution in [0.3, 0.4) is 0 Å². The third-order valence-corrected chi connectivity index (χ3v) is 9.93. The fourth-order valence-corrected chi connectivity index (χ4v) is 7.04. The van der Waals surface area contributed by atoms with Gasteiger partial charge in [-0.05, 0) is 55.8 Å². The molecule has 0 saturated carbocycles. The van der Waals surface area contributed by atoms with Crippen LogP contribution in [0.1, 0.15) is 64.8 Å². The minimum atomic E-state index is -4.29. The summed E-state index contributed by atoms with van der Waals surface area (Å²) in [5, 5.41) is 0. The number of benzene rings is 2. The third-order valence-electron chi connectivity index (χ3n) is 9.93. The number of Topliss-reactive ketones (excluding diaryl/α,β-unsaturated/α-hetero) is 1. The lowest BCUT2D eigenvalue weighted by molar-refractivity contribution is -0.0887. The molecule has 0 aromatic heterocycles. The predicted octanol–water partition coefficient (Wildman–Crippen LogP) is 6.66. The van der Waals surface area contributed by atoms with E-state index in [1.165, 1.54) is 12.2 Å². The maximum Gasteiger partial charge on any atom is 0.416 e. The minimum Gasteiger partial charge on any atom is -0.441 e. The highest BCUT2D eigenvalue weighted by molar-refractivity contribution is 5.98. The topological polar surface area (TPSA) is 70.2 Å². The van der Waals surface area contributed by atoms with Crippen molar-refractivity contribution < 1.29 is 32.3 Å². The van der Waals surface area contributed by atoms with Crippen molar-refractivity contribution in [3.05, 3.63) is 95.1 Å². The normalized spacial score (nSPS) is 22.2. The van der Waals surface area contributed by atoms with E-state index in [4.69, 9.17) is 4.74 Å². The van der Waals surface area contributed by atoms with Crippen molar-refractivity contribution in [2.45, 2.75) is 56.8 Å². The molecule has 1 aliphatic carbocycles. The van der Waals surface area contributed by atoms with Gasteiger partial charge in [0.05, 0.1) is 12.1 Å². The summed E-state index contributed by atoms with van der Waals surface area (Å²) in [4.78, 5) is 44.6. The van der Waals surface area contributed by atoms with Gasteiger partial charge in [-0.1, -0.05) is 60.7 Å². The first-order chi connectivity index (χ1) is 22.1. The van der Waals surface area contributed by atoms with E-state index < -0.39 is 17.4 Å². The van der Waals surface area contributed by atoms with Crippen LogP contribution in [-0.2, 0) is 11.3 Å². The molecule has 3 fully saturated rings. The number of piperidine rings is 2. The van der Waals surface area contributed by atoms with Crippen molar-refractivity contribution in [3.63, 3.8) is 0 Å². The summed E-state index contributed by atoms with van der Waals surface area (Å²) in [5.74, 6) is 0.125. The van der Waals surface area contributed by atoms with E-state index in [-0.39, 0.29) is 29.6 Å². The zero-order valence-corrected chi connectivity index (χ0v) is 25.9. The second kappa shape index (κ2) is 13.4. The number of nitrogens with zero attached hydrogens (tertiary/aromatic N) is 3. The third kappa shape index (κ3) is 7.38. The van der Waals surface area contributed by atoms with Crippen LogP contribution < -0.4 is 0 Å². The number of carbonyl (C=O) groups excluding carboxylic acids is 3. The van der Waals surface area contributed by atoms with Crippen LogP contribution in [0.4, 0.5) is 18.0 Å². The molecule has 0 N–H and O–H groups in total. The first kappa shape index (κ1) is 32.0. The number of halogens is 3. The molecule has 6 rings (SSSR count). The molecular weight excluding hydrogens is 595 g/mol. The van der Waals surface area contributed by atoms with Gasteiger partial charge in [0, 0.05) is 62.6 Å². The second-order valence-corrected chi connectivity index (χ2v) is 13.0. The summed E-state index contributed by atoms with van der Waals surface area (Å²) < 4.78 is 44.5. The van der Waals surface area contributed by atoms with E-state index >= 15 is 0 Å². The average molecular weight is 636 g/mol. The fourth-order valence-electron chi connectivity index (χ4n) is 7.04. The maximum atomic E-state index is 13.2. The average Bonchev–Trinajstić information content (AvgIpc) is 3.37. The van der Waals surface area contributed by atoms with Gasteiger partial charge in [0.25, 0.3) is 5.91 Å². The van der Waals surface area contributed by atoms with Crippen LogP contribution in [0, 0.1) is 11.8 Å². The predicted molar refractivity (Wildman–Crippen MR) is 167 cm³/mol. The lowest BCUT2D eigenvalue weighted by Crippen LogP contribution is -2.47. The molecule has 7 nitrogen and oxygen atoms in total. The number of amides is 2. The highest BCUT2D eigenvalue weighted by atomic mass is 19.4. The van der Waals surface area contributed by atoms with Crippen molar-refractivity contribution in [2.75, 3.05) is 39.3 Å². The lowest BCUT2D eigenvalue weighted by atomic mass is 9.88. The molecule has 2 amide bonds. The number of allylic oxidation sites excluding steroid dienone is 4. The molecule has 4 aliphatic rings. The first-order valence-corrected chi connectivity index (χ1v) is 16.2. The fraction of sp³-hybridized carbons (Fsp3) is 0.472. The van der Waals surface area contributed by atoms with Gasteiger partial charge in [-0.25, -0.2) is 4.79 Å². The van der Waals surface area contributed by atoms with Gasteiger partial charge in [-0.15, -0.1) is 0 Å². The van der Waals surface area contributed by atoms with Crippen LogP contribution in [0.25, 0.3) is 0 Å². The molecule has 244 valence electrons. The van der Waals surface area contributed by atoms with Gasteiger partial charge in [0.1, 0.15) is 5.60 Å². The smallest absolute Gasteiger partial charge is 0.416 e. The molecule has 1 unspecified atom stereocenters. The van der Waals surface area contributed by atoms with E-state index in [0.29, 0.717) is 51.0 Å². The van der Waals surface area contributed by atoms with Crippen molar-refractivity contribution in [2.24, 2.45) is 11.8 Å². The summed E-state index contributed by atoms with van der Waals surface area (Å²) in [5.41, 5.74) is 1.14. The molecule has 0 bridgehead atoms. The molecule has 1 atom stereocenters. The summed E-state index contributed by atoms with van der Waals surface area (Å²) in [6, 6.07) is 16.7. The van der Waals surface area contributed by atoms with Crippen molar-refractivity contribution in [1.29, 1.82) is 0 Å². The number of rotatable bonds is 8. The van der Waals surface area contributed by atoms with E-state index in [2.05, 4.69) is 4.90 Å². The number of ether oxygens (including phenoxy) is 1. The van der Waals surface area contributed by atoms with Crippen LogP contribution in [0.15, 0.2) is 78.4 Å². The van der Waals surface area contributed by atoms with Crippen LogP contribution in [0.5, 0.6) is 0 Å². The molecule has 0 radical (unpaired) electrons. The monoisotopic (exact) mass is 635 g/mol. The summed E-state index contributed by atoms with van der Waals surface area (Å²) in [7, 11) is 0. The van der Waals surface area contributed by atoms with Crippen molar-refractivity contribution in [1.82, 2.24) is 14.7 Å². The van der Waals surface area contributed by atoms with Gasteiger partial charge in [0.15, 0.2) is 5.78 Å². The van der Waals surface area contributed by atoms with Crippen LogP contribution in [0.2, 0.25) is 0 Å². The molecular formula is C36H40F3N3O4. The quantitative estimate of drug-likeness (QED) is 0.304. The summed E-state index contributed by atoms with van der Waals surface area (Å²) >= 11 is 0. The number of ketones is 1. The zero-order chi connectivity index (χ0) is 32.3. The number of carbonyl (C=O) groups is 3. The zero-order valence-electron chi connectivity index (χ0n) is 25.9. The Kier molecular flexibility index (Phi) is 9.36. The van der Waals surface area contributed by atoms with Gasteiger partial charge in [-0.2, -0.15) is 13.2 Å². The number of hydrogen-bond acceptors (Lipinski definition) is 5. The number of hydrogen-bond donors (Lipinski definition) is 0. The molecule has 3 heterocycles.